The third-order valence-electron chi connectivity index (χ3n) is 3.89. The van der Waals surface area contributed by atoms with E-state index in [1.54, 1.807) is 4.90 Å². The van der Waals surface area contributed by atoms with Gasteiger partial charge in [0.15, 0.2) is 0 Å². The number of carbonyl (C=O) groups excluding carboxylic acids is 1. The Morgan fingerprint density at radius 1 is 1.41 bits per heavy atom. The monoisotopic (exact) mass is 303 g/mol. The van der Waals surface area contributed by atoms with Crippen molar-refractivity contribution in [1.29, 1.82) is 0 Å². The smallest absolute Gasteiger partial charge is 0.325 e. The molecule has 1 saturated heterocycles. The molecule has 1 aliphatic rings. The van der Waals surface area contributed by atoms with Crippen LogP contribution in [0.2, 0.25) is 0 Å². The van der Waals surface area contributed by atoms with Crippen LogP contribution in [0.15, 0.2) is 22.0 Å². The molecule has 0 saturated carbocycles. The van der Waals surface area contributed by atoms with Crippen LogP contribution in [0.5, 0.6) is 0 Å². The van der Waals surface area contributed by atoms with Crippen molar-refractivity contribution in [3.8, 4) is 0 Å². The lowest BCUT2D eigenvalue weighted by atomic mass is 10.2. The highest BCUT2D eigenvalue weighted by Gasteiger charge is 2.34. The van der Waals surface area contributed by atoms with Crippen molar-refractivity contribution in [2.75, 3.05) is 6.54 Å². The van der Waals surface area contributed by atoms with Gasteiger partial charge in [0.25, 0.3) is 11.5 Å². The van der Waals surface area contributed by atoms with Crippen LogP contribution in [0.25, 0.3) is 0 Å². The fraction of sp³-hybridized carbons (Fsp3) is 0.429. The topological polar surface area (TPSA) is 104 Å². The Morgan fingerprint density at radius 3 is 2.82 bits per heavy atom. The zero-order chi connectivity index (χ0) is 15.9. The van der Waals surface area contributed by atoms with Crippen LogP contribution in [0.3, 0.4) is 0 Å². The van der Waals surface area contributed by atoms with E-state index < -0.39 is 11.2 Å². The number of aryl methyl sites for hydroxylation is 2. The van der Waals surface area contributed by atoms with E-state index >= 15 is 0 Å². The SMILES string of the molecule is Cc1cn(C)c([C@@H]2CCCN2C(=O)c2c[nH]c(=O)[nH]c2=O)n1. The fourth-order valence-corrected chi connectivity index (χ4v) is 2.95. The van der Waals surface area contributed by atoms with Gasteiger partial charge in [-0.05, 0) is 19.8 Å². The van der Waals surface area contributed by atoms with Gasteiger partial charge in [-0.15, -0.1) is 0 Å². The van der Waals surface area contributed by atoms with Crippen LogP contribution in [-0.2, 0) is 7.05 Å². The number of nitrogens with one attached hydrogen (secondary N) is 2. The van der Waals surface area contributed by atoms with E-state index in [1.165, 1.54) is 6.20 Å². The summed E-state index contributed by atoms with van der Waals surface area (Å²) in [6, 6.07) is -0.155. The summed E-state index contributed by atoms with van der Waals surface area (Å²) in [5.41, 5.74) is -0.467. The van der Waals surface area contributed by atoms with Crippen molar-refractivity contribution >= 4 is 5.91 Å². The van der Waals surface area contributed by atoms with E-state index in [4.69, 9.17) is 0 Å². The first-order valence-electron chi connectivity index (χ1n) is 7.10. The number of nitrogens with zero attached hydrogens (tertiary/aromatic N) is 3. The van der Waals surface area contributed by atoms with Gasteiger partial charge in [-0.1, -0.05) is 0 Å². The number of hydrogen-bond acceptors (Lipinski definition) is 4. The molecule has 0 bridgehead atoms. The number of likely N-dealkylation sites (tertiary alicyclic amines) is 1. The quantitative estimate of drug-likeness (QED) is 0.820. The predicted octanol–water partition coefficient (Wildman–Crippen LogP) is 0.0824. The molecule has 3 rings (SSSR count). The van der Waals surface area contributed by atoms with Crippen LogP contribution in [0.1, 0.15) is 40.8 Å². The lowest BCUT2D eigenvalue weighted by Crippen LogP contribution is -2.37. The predicted molar refractivity (Wildman–Crippen MR) is 78.6 cm³/mol. The molecule has 1 amide bonds. The maximum atomic E-state index is 12.6. The first-order valence-corrected chi connectivity index (χ1v) is 7.10. The summed E-state index contributed by atoms with van der Waals surface area (Å²) >= 11 is 0. The van der Waals surface area contributed by atoms with Crippen molar-refractivity contribution in [3.05, 3.63) is 50.3 Å². The highest BCUT2D eigenvalue weighted by atomic mass is 16.2. The molecule has 3 heterocycles. The number of aromatic nitrogens is 4. The van der Waals surface area contributed by atoms with E-state index in [9.17, 15) is 14.4 Å². The van der Waals surface area contributed by atoms with Gasteiger partial charge in [0, 0.05) is 26.0 Å². The van der Waals surface area contributed by atoms with Crippen molar-refractivity contribution < 1.29 is 4.79 Å². The molecule has 8 nitrogen and oxygen atoms in total. The Labute approximate surface area is 125 Å². The summed E-state index contributed by atoms with van der Waals surface area (Å²) < 4.78 is 1.91. The molecule has 116 valence electrons. The van der Waals surface area contributed by atoms with Crippen LogP contribution in [0, 0.1) is 6.92 Å². The highest BCUT2D eigenvalue weighted by Crippen LogP contribution is 2.31. The minimum Gasteiger partial charge on any atom is -0.336 e. The summed E-state index contributed by atoms with van der Waals surface area (Å²) in [5, 5.41) is 0. The Balaban J connectivity index is 1.96. The summed E-state index contributed by atoms with van der Waals surface area (Å²) in [4.78, 5) is 46.0. The largest absolute Gasteiger partial charge is 0.336 e. The molecular formula is C14H17N5O3. The van der Waals surface area contributed by atoms with Gasteiger partial charge in [-0.2, -0.15) is 0 Å². The summed E-state index contributed by atoms with van der Waals surface area (Å²) in [5.74, 6) is 0.421. The lowest BCUT2D eigenvalue weighted by molar-refractivity contribution is 0.0725. The molecule has 0 unspecified atom stereocenters. The number of aromatic amines is 2. The van der Waals surface area contributed by atoms with Gasteiger partial charge in [0.1, 0.15) is 11.4 Å². The van der Waals surface area contributed by atoms with Gasteiger partial charge in [0.05, 0.1) is 11.7 Å². The summed E-state index contributed by atoms with van der Waals surface area (Å²) in [7, 11) is 1.89. The normalized spacial score (nSPS) is 17.9. The second kappa shape index (κ2) is 5.28. The van der Waals surface area contributed by atoms with E-state index in [0.717, 1.165) is 24.4 Å². The maximum Gasteiger partial charge on any atom is 0.325 e. The van der Waals surface area contributed by atoms with E-state index in [-0.39, 0.29) is 17.5 Å². The Morgan fingerprint density at radius 2 is 2.18 bits per heavy atom. The number of rotatable bonds is 2. The zero-order valence-electron chi connectivity index (χ0n) is 12.4. The van der Waals surface area contributed by atoms with Crippen LogP contribution < -0.4 is 11.2 Å². The molecule has 0 radical (unpaired) electrons. The molecule has 2 aromatic heterocycles. The van der Waals surface area contributed by atoms with Crippen molar-refractivity contribution in [3.63, 3.8) is 0 Å². The summed E-state index contributed by atoms with van der Waals surface area (Å²) in [6.07, 6.45) is 4.73. The van der Waals surface area contributed by atoms with Gasteiger partial charge >= 0.3 is 5.69 Å². The zero-order valence-corrected chi connectivity index (χ0v) is 12.4. The molecular weight excluding hydrogens is 286 g/mol. The van der Waals surface area contributed by atoms with Crippen molar-refractivity contribution in [1.82, 2.24) is 24.4 Å². The molecule has 0 spiro atoms. The molecule has 1 fully saturated rings. The Bertz CT molecular complexity index is 831. The van der Waals surface area contributed by atoms with Crippen molar-refractivity contribution in [2.24, 2.45) is 7.05 Å². The first kappa shape index (κ1) is 14.3. The van der Waals surface area contributed by atoms with E-state index in [0.29, 0.717) is 6.54 Å². The third-order valence-corrected chi connectivity index (χ3v) is 3.89. The number of amides is 1. The molecule has 1 atom stereocenters. The average Bonchev–Trinajstić information content (AvgIpc) is 3.04. The average molecular weight is 303 g/mol. The molecule has 1 aliphatic heterocycles. The molecule has 2 aromatic rings. The first-order chi connectivity index (χ1) is 10.5. The number of carbonyl (C=O) groups is 1. The summed E-state index contributed by atoms with van der Waals surface area (Å²) in [6.45, 7) is 2.46. The van der Waals surface area contributed by atoms with Gasteiger partial charge in [-0.25, -0.2) is 9.78 Å². The second-order valence-electron chi connectivity index (χ2n) is 5.49. The van der Waals surface area contributed by atoms with Crippen LogP contribution >= 0.6 is 0 Å². The standard InChI is InChI=1S/C14H17N5O3/c1-8-7-18(2)11(16-8)10-4-3-5-19(10)13(21)9-6-15-14(22)17-12(9)20/h6-7,10H,3-5H2,1-2H3,(H2,15,17,20,22)/t10-/m0/s1. The van der Waals surface area contributed by atoms with E-state index in [1.807, 2.05) is 24.7 Å². The number of hydrogen-bond donors (Lipinski definition) is 2. The second-order valence-corrected chi connectivity index (χ2v) is 5.49. The molecule has 0 aliphatic carbocycles. The van der Waals surface area contributed by atoms with Gasteiger partial charge in [0.2, 0.25) is 0 Å². The number of H-pyrrole nitrogens is 2. The Hall–Kier alpha value is -2.64. The van der Waals surface area contributed by atoms with Crippen molar-refractivity contribution in [2.45, 2.75) is 25.8 Å². The van der Waals surface area contributed by atoms with Gasteiger partial charge < -0.3 is 14.5 Å². The molecule has 0 aromatic carbocycles. The van der Waals surface area contributed by atoms with Crippen LogP contribution in [-0.4, -0.2) is 36.9 Å². The lowest BCUT2D eigenvalue weighted by Gasteiger charge is -2.24. The Kier molecular flexibility index (Phi) is 3.44. The fourth-order valence-electron chi connectivity index (χ4n) is 2.95. The highest BCUT2D eigenvalue weighted by molar-refractivity contribution is 5.93. The minimum atomic E-state index is -0.671. The minimum absolute atomic E-state index is 0.0579. The van der Waals surface area contributed by atoms with Crippen LogP contribution in [0.4, 0.5) is 0 Å². The number of imidazole rings is 1. The molecule has 8 heteroatoms. The molecule has 22 heavy (non-hydrogen) atoms. The molecule has 2 N–H and O–H groups in total. The third kappa shape index (κ3) is 2.36. The van der Waals surface area contributed by atoms with Gasteiger partial charge in [-0.3, -0.25) is 14.6 Å². The van der Waals surface area contributed by atoms with E-state index in [2.05, 4.69) is 15.0 Å². The maximum absolute atomic E-state index is 12.6.